The van der Waals surface area contributed by atoms with E-state index in [0.717, 1.165) is 19.5 Å². The van der Waals surface area contributed by atoms with E-state index in [1.165, 1.54) is 0 Å². The highest BCUT2D eigenvalue weighted by atomic mass is 16.5. The van der Waals surface area contributed by atoms with Crippen LogP contribution in [-0.4, -0.2) is 79.3 Å². The third kappa shape index (κ3) is 5.50. The number of β-amino-alcohol motifs (C(OH)–C–C–N with tert-alkyl or cyclic N) is 1. The minimum atomic E-state index is -0.613. The van der Waals surface area contributed by atoms with E-state index >= 15 is 0 Å². The van der Waals surface area contributed by atoms with Crippen molar-refractivity contribution >= 4 is 12.4 Å². The van der Waals surface area contributed by atoms with Crippen LogP contribution in [0.4, 0.5) is 0 Å². The Balaban J connectivity index is 1.72. The largest absolute Gasteiger partial charge is 0.491 e. The second kappa shape index (κ2) is 9.24. The smallest absolute Gasteiger partial charge is 0.338 e. The molecule has 7 nitrogen and oxygen atoms in total. The summed E-state index contributed by atoms with van der Waals surface area (Å²) in [4.78, 5) is 26.0. The van der Waals surface area contributed by atoms with Gasteiger partial charge in [0.1, 0.15) is 18.5 Å². The van der Waals surface area contributed by atoms with Gasteiger partial charge in [0.25, 0.3) is 0 Å². The first-order valence-electron chi connectivity index (χ1n) is 8.12. The summed E-state index contributed by atoms with van der Waals surface area (Å²) in [5.74, 6) is 0.228. The summed E-state index contributed by atoms with van der Waals surface area (Å²) in [5.41, 5.74) is 0.470. The first-order valence-corrected chi connectivity index (χ1v) is 8.12. The molecule has 24 heavy (non-hydrogen) atoms. The van der Waals surface area contributed by atoms with Gasteiger partial charge in [0, 0.05) is 32.7 Å². The maximum Gasteiger partial charge on any atom is 0.338 e. The van der Waals surface area contributed by atoms with Crippen LogP contribution >= 0.6 is 0 Å². The number of aliphatic hydroxyl groups excluding tert-OH is 1. The molecule has 0 radical (unpaired) electrons. The molecule has 132 valence electrons. The summed E-state index contributed by atoms with van der Waals surface area (Å²) < 4.78 is 10.5. The van der Waals surface area contributed by atoms with E-state index < -0.39 is 6.10 Å². The number of hydrogen-bond donors (Lipinski definition) is 1. The minimum Gasteiger partial charge on any atom is -0.491 e. The van der Waals surface area contributed by atoms with E-state index in [9.17, 15) is 14.7 Å². The van der Waals surface area contributed by atoms with Crippen LogP contribution in [0.3, 0.4) is 0 Å². The summed E-state index contributed by atoms with van der Waals surface area (Å²) in [6, 6.07) is 6.64. The molecule has 0 aliphatic carbocycles. The van der Waals surface area contributed by atoms with Gasteiger partial charge >= 0.3 is 5.97 Å². The summed E-state index contributed by atoms with van der Waals surface area (Å²) in [7, 11) is 0. The number of benzene rings is 1. The highest BCUT2D eigenvalue weighted by molar-refractivity contribution is 5.89. The summed E-state index contributed by atoms with van der Waals surface area (Å²) >= 11 is 0. The van der Waals surface area contributed by atoms with E-state index in [1.807, 2.05) is 0 Å². The van der Waals surface area contributed by atoms with Crippen LogP contribution < -0.4 is 4.74 Å². The van der Waals surface area contributed by atoms with E-state index in [0.29, 0.717) is 37.6 Å². The molecular weight excluding hydrogens is 312 g/mol. The van der Waals surface area contributed by atoms with Gasteiger partial charge in [-0.05, 0) is 31.2 Å². The van der Waals surface area contributed by atoms with Crippen LogP contribution in [0, 0.1) is 0 Å². The maximum atomic E-state index is 11.6. The Morgan fingerprint density at radius 3 is 2.50 bits per heavy atom. The molecule has 1 aromatic rings. The summed E-state index contributed by atoms with van der Waals surface area (Å²) in [5, 5.41) is 10.1. The van der Waals surface area contributed by atoms with E-state index in [-0.39, 0.29) is 12.6 Å². The quantitative estimate of drug-likeness (QED) is 0.546. The number of nitrogens with zero attached hydrogens (tertiary/aromatic N) is 2. The fourth-order valence-corrected chi connectivity index (χ4v) is 2.50. The van der Waals surface area contributed by atoms with Crippen molar-refractivity contribution in [1.82, 2.24) is 9.80 Å². The van der Waals surface area contributed by atoms with Crippen molar-refractivity contribution in [3.63, 3.8) is 0 Å². The van der Waals surface area contributed by atoms with Crippen molar-refractivity contribution in [2.75, 3.05) is 45.9 Å². The standard InChI is InChI=1S/C17H24N2O5/c1-2-23-17(22)14-3-5-16(6-4-14)24-12-15(21)11-18-7-9-19(13-20)10-8-18/h3-6,13,15,21H,2,7-12H2,1H3/t15-/m0/s1. The number of amides is 1. The average Bonchev–Trinajstić information content (AvgIpc) is 2.61. The molecule has 1 saturated heterocycles. The lowest BCUT2D eigenvalue weighted by Crippen LogP contribution is -2.48. The monoisotopic (exact) mass is 336 g/mol. The molecular formula is C17H24N2O5. The van der Waals surface area contributed by atoms with Gasteiger partial charge in [-0.3, -0.25) is 9.69 Å². The van der Waals surface area contributed by atoms with Crippen molar-refractivity contribution in [3.05, 3.63) is 29.8 Å². The third-order valence-corrected chi connectivity index (χ3v) is 3.83. The van der Waals surface area contributed by atoms with E-state index in [1.54, 1.807) is 36.1 Å². The molecule has 1 amide bonds. The molecule has 2 rings (SSSR count). The van der Waals surface area contributed by atoms with Crippen molar-refractivity contribution in [3.8, 4) is 5.75 Å². The number of rotatable bonds is 8. The Bertz CT molecular complexity index is 526. The van der Waals surface area contributed by atoms with Crippen LogP contribution in [0.1, 0.15) is 17.3 Å². The van der Waals surface area contributed by atoms with Gasteiger partial charge in [-0.25, -0.2) is 4.79 Å². The number of hydrogen-bond acceptors (Lipinski definition) is 6. The topological polar surface area (TPSA) is 79.3 Å². The first kappa shape index (κ1) is 18.2. The molecule has 0 spiro atoms. The Morgan fingerprint density at radius 2 is 1.92 bits per heavy atom. The lowest BCUT2D eigenvalue weighted by Gasteiger charge is -2.33. The number of ether oxygens (including phenoxy) is 2. The van der Waals surface area contributed by atoms with Crippen molar-refractivity contribution in [1.29, 1.82) is 0 Å². The molecule has 0 bridgehead atoms. The van der Waals surface area contributed by atoms with Gasteiger partial charge < -0.3 is 19.5 Å². The second-order valence-electron chi connectivity index (χ2n) is 5.65. The molecule has 1 atom stereocenters. The average molecular weight is 336 g/mol. The van der Waals surface area contributed by atoms with Crippen molar-refractivity contribution in [2.45, 2.75) is 13.0 Å². The minimum absolute atomic E-state index is 0.173. The van der Waals surface area contributed by atoms with E-state index in [2.05, 4.69) is 4.90 Å². The second-order valence-corrected chi connectivity index (χ2v) is 5.65. The zero-order chi connectivity index (χ0) is 17.4. The molecule has 1 N–H and O–H groups in total. The number of aliphatic hydroxyl groups is 1. The summed E-state index contributed by atoms with van der Waals surface area (Å²) in [6.07, 6.45) is 0.245. The van der Waals surface area contributed by atoms with Gasteiger partial charge in [-0.15, -0.1) is 0 Å². The van der Waals surface area contributed by atoms with Gasteiger partial charge in [-0.2, -0.15) is 0 Å². The molecule has 1 aromatic carbocycles. The number of esters is 1. The molecule has 0 saturated carbocycles. The Labute approximate surface area is 141 Å². The molecule has 0 unspecified atom stereocenters. The van der Waals surface area contributed by atoms with Crippen LogP contribution in [0.25, 0.3) is 0 Å². The fraction of sp³-hybridized carbons (Fsp3) is 0.529. The van der Waals surface area contributed by atoms with Gasteiger partial charge in [0.15, 0.2) is 0 Å². The fourth-order valence-electron chi connectivity index (χ4n) is 2.50. The van der Waals surface area contributed by atoms with Crippen LogP contribution in [0.5, 0.6) is 5.75 Å². The molecule has 1 heterocycles. The first-order chi connectivity index (χ1) is 11.6. The molecule has 1 aliphatic heterocycles. The number of carbonyl (C=O) groups is 2. The number of piperazine rings is 1. The van der Waals surface area contributed by atoms with Gasteiger partial charge in [0.2, 0.25) is 6.41 Å². The third-order valence-electron chi connectivity index (χ3n) is 3.83. The molecule has 0 aromatic heterocycles. The predicted octanol–water partition coefficient (Wildman–Crippen LogP) is 0.377. The molecule has 7 heteroatoms. The van der Waals surface area contributed by atoms with Crippen LogP contribution in [-0.2, 0) is 9.53 Å². The van der Waals surface area contributed by atoms with Gasteiger partial charge in [-0.1, -0.05) is 0 Å². The molecule has 1 aliphatic rings. The molecule has 1 fully saturated rings. The predicted molar refractivity (Wildman–Crippen MR) is 88.0 cm³/mol. The normalized spacial score (nSPS) is 16.5. The van der Waals surface area contributed by atoms with Crippen LogP contribution in [0.15, 0.2) is 24.3 Å². The summed E-state index contributed by atoms with van der Waals surface area (Å²) in [6.45, 7) is 5.66. The zero-order valence-electron chi connectivity index (χ0n) is 13.9. The lowest BCUT2D eigenvalue weighted by atomic mass is 10.2. The highest BCUT2D eigenvalue weighted by Gasteiger charge is 2.18. The van der Waals surface area contributed by atoms with Crippen LogP contribution in [0.2, 0.25) is 0 Å². The zero-order valence-corrected chi connectivity index (χ0v) is 13.9. The van der Waals surface area contributed by atoms with E-state index in [4.69, 9.17) is 9.47 Å². The Kier molecular flexibility index (Phi) is 7.02. The Morgan fingerprint density at radius 1 is 1.25 bits per heavy atom. The Hall–Kier alpha value is -2.12. The highest BCUT2D eigenvalue weighted by Crippen LogP contribution is 2.13. The van der Waals surface area contributed by atoms with Gasteiger partial charge in [0.05, 0.1) is 12.2 Å². The maximum absolute atomic E-state index is 11.6. The lowest BCUT2D eigenvalue weighted by molar-refractivity contribution is -0.119. The number of carbonyl (C=O) groups excluding carboxylic acids is 2. The van der Waals surface area contributed by atoms with Crippen molar-refractivity contribution < 1.29 is 24.2 Å². The SMILES string of the molecule is CCOC(=O)c1ccc(OC[C@@H](O)CN2CCN(C=O)CC2)cc1. The van der Waals surface area contributed by atoms with Crippen molar-refractivity contribution in [2.24, 2.45) is 0 Å².